The van der Waals surface area contributed by atoms with Crippen LogP contribution in [0.25, 0.3) is 0 Å². The molecule has 0 spiro atoms. The first-order valence-corrected chi connectivity index (χ1v) is 3.43. The Hall–Kier alpha value is -0.200. The van der Waals surface area contributed by atoms with Gasteiger partial charge in [-0.25, -0.2) is 0 Å². The lowest BCUT2D eigenvalue weighted by molar-refractivity contribution is -0.0684. The summed E-state index contributed by atoms with van der Waals surface area (Å²) in [5.41, 5.74) is 0. The first-order valence-electron chi connectivity index (χ1n) is 3.43. The van der Waals surface area contributed by atoms with Gasteiger partial charge in [-0.2, -0.15) is 0 Å². The van der Waals surface area contributed by atoms with Crippen molar-refractivity contribution < 1.29 is 25.2 Å². The van der Waals surface area contributed by atoms with E-state index in [1.807, 2.05) is 0 Å². The molecule has 0 bridgehead atoms. The molecule has 1 aliphatic heterocycles. The van der Waals surface area contributed by atoms with Gasteiger partial charge < -0.3 is 25.2 Å². The maximum Gasteiger partial charge on any atom is 0.114 e. The fraction of sp³-hybridized carbons (Fsp3) is 1.00. The second-order valence-corrected chi connectivity index (χ2v) is 2.61. The number of rotatable bonds is 2. The van der Waals surface area contributed by atoms with Crippen molar-refractivity contribution in [3.63, 3.8) is 0 Å². The van der Waals surface area contributed by atoms with Crippen molar-refractivity contribution in [1.82, 2.24) is 0 Å². The highest BCUT2D eigenvalue weighted by atomic mass is 16.5. The Bertz CT molecular complexity index is 128. The van der Waals surface area contributed by atoms with Crippen LogP contribution in [0, 0.1) is 0 Å². The number of hydrogen-bond acceptors (Lipinski definition) is 5. The van der Waals surface area contributed by atoms with E-state index in [4.69, 9.17) is 25.2 Å². The molecule has 66 valence electrons. The summed E-state index contributed by atoms with van der Waals surface area (Å²) in [5.74, 6) is 0. The van der Waals surface area contributed by atoms with Crippen LogP contribution in [-0.2, 0) is 4.74 Å². The highest BCUT2D eigenvalue weighted by molar-refractivity contribution is 4.87. The molecule has 0 radical (unpaired) electrons. The van der Waals surface area contributed by atoms with Gasteiger partial charge in [-0.1, -0.05) is 0 Å². The van der Waals surface area contributed by atoms with Crippen molar-refractivity contribution in [3.05, 3.63) is 0 Å². The average molecular weight is 164 g/mol. The smallest absolute Gasteiger partial charge is 0.114 e. The largest absolute Gasteiger partial charge is 0.394 e. The summed E-state index contributed by atoms with van der Waals surface area (Å²) in [4.78, 5) is 0. The van der Waals surface area contributed by atoms with Crippen molar-refractivity contribution in [3.8, 4) is 0 Å². The SMILES string of the molecule is OC[C@@H](O)C1OC[C@@H](O)C1O. The molecule has 5 heteroatoms. The summed E-state index contributed by atoms with van der Waals surface area (Å²) in [6.45, 7) is -0.475. The first-order chi connectivity index (χ1) is 5.16. The van der Waals surface area contributed by atoms with Crippen LogP contribution in [0.3, 0.4) is 0 Å². The van der Waals surface area contributed by atoms with Crippen molar-refractivity contribution in [2.75, 3.05) is 13.2 Å². The molecular formula is C6H12O5. The fourth-order valence-corrected chi connectivity index (χ4v) is 1.07. The average Bonchev–Trinajstić information content (AvgIpc) is 2.32. The second kappa shape index (κ2) is 3.46. The third-order valence-corrected chi connectivity index (χ3v) is 1.76. The molecule has 1 aliphatic rings. The number of aliphatic hydroxyl groups is 4. The minimum atomic E-state index is -1.12. The quantitative estimate of drug-likeness (QED) is 0.361. The van der Waals surface area contributed by atoms with Crippen LogP contribution in [0.4, 0.5) is 0 Å². The van der Waals surface area contributed by atoms with Gasteiger partial charge in [0.25, 0.3) is 0 Å². The molecule has 1 rings (SSSR count). The summed E-state index contributed by atoms with van der Waals surface area (Å²) in [6, 6.07) is 0. The standard InChI is InChI=1S/C6H12O5/c7-1-3(8)6-5(10)4(9)2-11-6/h3-10H,1-2H2/t3-,4-,5?,6?/m1/s1. The highest BCUT2D eigenvalue weighted by Crippen LogP contribution is 2.16. The van der Waals surface area contributed by atoms with Gasteiger partial charge in [-0.3, -0.25) is 0 Å². The third kappa shape index (κ3) is 1.69. The number of ether oxygens (including phenoxy) is 1. The lowest BCUT2D eigenvalue weighted by atomic mass is 10.1. The van der Waals surface area contributed by atoms with Gasteiger partial charge in [-0.05, 0) is 0 Å². The second-order valence-electron chi connectivity index (χ2n) is 2.61. The van der Waals surface area contributed by atoms with Crippen LogP contribution in [0.15, 0.2) is 0 Å². The van der Waals surface area contributed by atoms with Crippen LogP contribution in [-0.4, -0.2) is 58.1 Å². The van der Waals surface area contributed by atoms with Crippen molar-refractivity contribution in [1.29, 1.82) is 0 Å². The van der Waals surface area contributed by atoms with Crippen LogP contribution in [0.1, 0.15) is 0 Å². The molecule has 4 N–H and O–H groups in total. The molecule has 1 saturated heterocycles. The van der Waals surface area contributed by atoms with E-state index in [0.29, 0.717) is 0 Å². The van der Waals surface area contributed by atoms with E-state index in [9.17, 15) is 0 Å². The fourth-order valence-electron chi connectivity index (χ4n) is 1.07. The Kier molecular flexibility index (Phi) is 2.80. The molecule has 0 aromatic carbocycles. The van der Waals surface area contributed by atoms with E-state index in [1.165, 1.54) is 0 Å². The Morgan fingerprint density at radius 3 is 2.45 bits per heavy atom. The molecule has 11 heavy (non-hydrogen) atoms. The molecule has 1 heterocycles. The summed E-state index contributed by atoms with van der Waals surface area (Å²) in [5, 5.41) is 35.5. The van der Waals surface area contributed by atoms with Gasteiger partial charge in [0.15, 0.2) is 0 Å². The molecule has 4 atom stereocenters. The summed E-state index contributed by atoms with van der Waals surface area (Å²) < 4.78 is 4.82. The summed E-state index contributed by atoms with van der Waals surface area (Å²) >= 11 is 0. The lowest BCUT2D eigenvalue weighted by Gasteiger charge is -2.18. The molecule has 0 amide bonds. The van der Waals surface area contributed by atoms with E-state index in [2.05, 4.69) is 0 Å². The van der Waals surface area contributed by atoms with Crippen molar-refractivity contribution in [2.24, 2.45) is 0 Å². The van der Waals surface area contributed by atoms with Gasteiger partial charge in [0.05, 0.1) is 13.2 Å². The van der Waals surface area contributed by atoms with Crippen LogP contribution in [0.5, 0.6) is 0 Å². The topological polar surface area (TPSA) is 90.2 Å². The number of aliphatic hydroxyl groups excluding tert-OH is 4. The third-order valence-electron chi connectivity index (χ3n) is 1.76. The van der Waals surface area contributed by atoms with Gasteiger partial charge in [0, 0.05) is 0 Å². The zero-order valence-electron chi connectivity index (χ0n) is 5.92. The Morgan fingerprint density at radius 2 is 2.09 bits per heavy atom. The maximum absolute atomic E-state index is 9.11. The van der Waals surface area contributed by atoms with E-state index < -0.39 is 31.0 Å². The summed E-state index contributed by atoms with van der Waals surface area (Å²) in [6.07, 6.45) is -4.05. The molecule has 5 nitrogen and oxygen atoms in total. The highest BCUT2D eigenvalue weighted by Gasteiger charge is 2.38. The molecule has 0 aromatic rings. The van der Waals surface area contributed by atoms with E-state index in [-0.39, 0.29) is 6.61 Å². The molecule has 2 unspecified atom stereocenters. The normalized spacial score (nSPS) is 40.9. The molecule has 1 fully saturated rings. The zero-order chi connectivity index (χ0) is 8.43. The van der Waals surface area contributed by atoms with E-state index in [1.54, 1.807) is 0 Å². The minimum absolute atomic E-state index is 0.00287. The monoisotopic (exact) mass is 164 g/mol. The van der Waals surface area contributed by atoms with Crippen molar-refractivity contribution in [2.45, 2.75) is 24.4 Å². The molecule has 0 saturated carbocycles. The van der Waals surface area contributed by atoms with Crippen LogP contribution >= 0.6 is 0 Å². The molecular weight excluding hydrogens is 152 g/mol. The molecule has 0 aromatic heterocycles. The van der Waals surface area contributed by atoms with Crippen LogP contribution in [0.2, 0.25) is 0 Å². The van der Waals surface area contributed by atoms with Gasteiger partial charge in [-0.15, -0.1) is 0 Å². The minimum Gasteiger partial charge on any atom is -0.394 e. The summed E-state index contributed by atoms with van der Waals surface area (Å²) in [7, 11) is 0. The lowest BCUT2D eigenvalue weighted by Crippen LogP contribution is -2.40. The maximum atomic E-state index is 9.11. The van der Waals surface area contributed by atoms with Gasteiger partial charge in [0.2, 0.25) is 0 Å². The first kappa shape index (κ1) is 8.89. The van der Waals surface area contributed by atoms with E-state index in [0.717, 1.165) is 0 Å². The molecule has 0 aliphatic carbocycles. The van der Waals surface area contributed by atoms with Gasteiger partial charge >= 0.3 is 0 Å². The Labute approximate surface area is 63.8 Å². The zero-order valence-corrected chi connectivity index (χ0v) is 5.92. The predicted molar refractivity (Wildman–Crippen MR) is 34.8 cm³/mol. The van der Waals surface area contributed by atoms with Crippen LogP contribution < -0.4 is 0 Å². The Morgan fingerprint density at radius 1 is 1.45 bits per heavy atom. The van der Waals surface area contributed by atoms with Gasteiger partial charge in [0.1, 0.15) is 24.4 Å². The van der Waals surface area contributed by atoms with Crippen molar-refractivity contribution >= 4 is 0 Å². The predicted octanol–water partition coefficient (Wildman–Crippen LogP) is -2.54. The van der Waals surface area contributed by atoms with E-state index >= 15 is 0 Å². The number of hydrogen-bond donors (Lipinski definition) is 4. The Balaban J connectivity index is 2.47.